The molecule has 96 valence electrons. The van der Waals surface area contributed by atoms with Crippen LogP contribution in [0.15, 0.2) is 9.59 Å². The van der Waals surface area contributed by atoms with Gasteiger partial charge in [0.25, 0.3) is 5.56 Å². The molecule has 0 saturated carbocycles. The number of H-pyrrole nitrogens is 2. The van der Waals surface area contributed by atoms with E-state index >= 15 is 0 Å². The molecule has 0 aliphatic rings. The van der Waals surface area contributed by atoms with E-state index in [1.54, 1.807) is 13.8 Å². The lowest BCUT2D eigenvalue weighted by molar-refractivity contribution is -0.143. The summed E-state index contributed by atoms with van der Waals surface area (Å²) in [5.41, 5.74) is -1.11. The first-order valence-electron chi connectivity index (χ1n) is 5.33. The molecule has 0 aliphatic carbocycles. The Kier molecular flexibility index (Phi) is 5.08. The second kappa shape index (κ2) is 6.33. The van der Waals surface area contributed by atoms with E-state index in [-0.39, 0.29) is 11.3 Å². The minimum absolute atomic E-state index is 0.0384. The van der Waals surface area contributed by atoms with Crippen molar-refractivity contribution in [1.29, 1.82) is 0 Å². The summed E-state index contributed by atoms with van der Waals surface area (Å²) in [6.45, 7) is 3.72. The van der Waals surface area contributed by atoms with Crippen molar-refractivity contribution >= 4 is 0 Å². The zero-order valence-electron chi connectivity index (χ0n) is 9.78. The van der Waals surface area contributed by atoms with Gasteiger partial charge in [0.2, 0.25) is 0 Å². The largest absolute Gasteiger partial charge is 0.391 e. The minimum atomic E-state index is -0.859. The third kappa shape index (κ3) is 3.26. The molecule has 0 saturated heterocycles. The molecule has 0 atom stereocenters. The molecule has 3 N–H and O–H groups in total. The smallest absolute Gasteiger partial charge is 0.326 e. The number of hydrogen-bond acceptors (Lipinski definition) is 5. The molecular weight excluding hydrogens is 228 g/mol. The van der Waals surface area contributed by atoms with Crippen molar-refractivity contribution < 1.29 is 14.6 Å². The quantitative estimate of drug-likeness (QED) is 0.592. The molecule has 1 aromatic heterocycles. The highest BCUT2D eigenvalue weighted by atomic mass is 16.7. The van der Waals surface area contributed by atoms with Gasteiger partial charge in [-0.1, -0.05) is 0 Å². The van der Waals surface area contributed by atoms with Gasteiger partial charge in [-0.25, -0.2) is 4.79 Å². The van der Waals surface area contributed by atoms with Crippen LogP contribution in [0.1, 0.15) is 31.4 Å². The van der Waals surface area contributed by atoms with Crippen LogP contribution in [0.3, 0.4) is 0 Å². The maximum absolute atomic E-state index is 11.5. The van der Waals surface area contributed by atoms with E-state index in [2.05, 4.69) is 4.98 Å². The Hall–Kier alpha value is -1.44. The van der Waals surface area contributed by atoms with Gasteiger partial charge in [0.15, 0.2) is 6.29 Å². The molecule has 1 aromatic rings. The van der Waals surface area contributed by atoms with Gasteiger partial charge in [0.05, 0.1) is 17.9 Å². The Morgan fingerprint density at radius 1 is 1.18 bits per heavy atom. The maximum Gasteiger partial charge on any atom is 0.326 e. The van der Waals surface area contributed by atoms with Crippen molar-refractivity contribution in [2.24, 2.45) is 0 Å². The summed E-state index contributed by atoms with van der Waals surface area (Å²) in [6.07, 6.45) is -0.859. The second-order valence-corrected chi connectivity index (χ2v) is 3.20. The SMILES string of the molecule is CCOC(OCC)c1[nH]c(=O)[nH]c(=O)c1CO. The number of aromatic nitrogens is 2. The number of hydrogen-bond donors (Lipinski definition) is 3. The highest BCUT2D eigenvalue weighted by Crippen LogP contribution is 2.17. The maximum atomic E-state index is 11.5. The lowest BCUT2D eigenvalue weighted by atomic mass is 10.2. The molecule has 0 fully saturated rings. The van der Waals surface area contributed by atoms with Gasteiger partial charge in [-0.2, -0.15) is 0 Å². The van der Waals surface area contributed by atoms with Gasteiger partial charge in [-0.15, -0.1) is 0 Å². The van der Waals surface area contributed by atoms with Crippen molar-refractivity contribution in [3.05, 3.63) is 32.1 Å². The number of aliphatic hydroxyl groups excluding tert-OH is 1. The molecule has 7 heteroatoms. The van der Waals surface area contributed by atoms with Crippen LogP contribution in [-0.2, 0) is 16.1 Å². The summed E-state index contributed by atoms with van der Waals surface area (Å²) in [5, 5.41) is 9.12. The molecule has 0 aromatic carbocycles. The molecule has 0 unspecified atom stereocenters. The second-order valence-electron chi connectivity index (χ2n) is 3.20. The zero-order valence-corrected chi connectivity index (χ0v) is 9.78. The Balaban J connectivity index is 3.25. The topological polar surface area (TPSA) is 104 Å². The fourth-order valence-electron chi connectivity index (χ4n) is 1.41. The van der Waals surface area contributed by atoms with E-state index in [9.17, 15) is 9.59 Å². The van der Waals surface area contributed by atoms with Gasteiger partial charge < -0.3 is 19.6 Å². The normalized spacial score (nSPS) is 11.1. The van der Waals surface area contributed by atoms with Crippen LogP contribution in [0.2, 0.25) is 0 Å². The summed E-state index contributed by atoms with van der Waals surface area (Å²) >= 11 is 0. The highest BCUT2D eigenvalue weighted by Gasteiger charge is 2.19. The summed E-state index contributed by atoms with van der Waals surface area (Å²) in [4.78, 5) is 27.1. The molecule has 1 heterocycles. The van der Waals surface area contributed by atoms with Crippen LogP contribution in [0, 0.1) is 0 Å². The monoisotopic (exact) mass is 244 g/mol. The lowest BCUT2D eigenvalue weighted by Crippen LogP contribution is -2.30. The van der Waals surface area contributed by atoms with Crippen molar-refractivity contribution in [3.8, 4) is 0 Å². The predicted octanol–water partition coefficient (Wildman–Crippen LogP) is -0.373. The Morgan fingerprint density at radius 3 is 2.24 bits per heavy atom. The number of aromatic amines is 2. The summed E-state index contributed by atoms with van der Waals surface area (Å²) in [5.74, 6) is 0. The van der Waals surface area contributed by atoms with E-state index in [1.165, 1.54) is 0 Å². The number of ether oxygens (including phenoxy) is 2. The van der Waals surface area contributed by atoms with E-state index < -0.39 is 24.1 Å². The molecule has 0 spiro atoms. The Morgan fingerprint density at radius 2 is 1.76 bits per heavy atom. The first kappa shape index (κ1) is 13.6. The summed E-state index contributed by atoms with van der Waals surface area (Å²) in [7, 11) is 0. The van der Waals surface area contributed by atoms with Crippen molar-refractivity contribution in [2.75, 3.05) is 13.2 Å². The summed E-state index contributed by atoms with van der Waals surface area (Å²) in [6, 6.07) is 0. The first-order valence-corrected chi connectivity index (χ1v) is 5.33. The fraction of sp³-hybridized carbons (Fsp3) is 0.600. The Bertz CT molecular complexity index is 458. The molecule has 0 aliphatic heterocycles. The fourth-order valence-corrected chi connectivity index (χ4v) is 1.41. The van der Waals surface area contributed by atoms with Crippen LogP contribution in [0.5, 0.6) is 0 Å². The Labute approximate surface area is 97.4 Å². The average Bonchev–Trinajstić information content (AvgIpc) is 2.28. The molecule has 0 radical (unpaired) electrons. The van der Waals surface area contributed by atoms with E-state index in [1.807, 2.05) is 4.98 Å². The number of nitrogens with one attached hydrogen (secondary N) is 2. The molecule has 7 nitrogen and oxygen atoms in total. The van der Waals surface area contributed by atoms with Crippen molar-refractivity contribution in [2.45, 2.75) is 26.7 Å². The van der Waals surface area contributed by atoms with Gasteiger partial charge in [-0.05, 0) is 13.8 Å². The van der Waals surface area contributed by atoms with Crippen LogP contribution in [0.25, 0.3) is 0 Å². The van der Waals surface area contributed by atoms with E-state index in [4.69, 9.17) is 14.6 Å². The third-order valence-electron chi connectivity index (χ3n) is 2.10. The van der Waals surface area contributed by atoms with Gasteiger partial charge >= 0.3 is 5.69 Å². The van der Waals surface area contributed by atoms with Crippen LogP contribution < -0.4 is 11.2 Å². The van der Waals surface area contributed by atoms with Crippen LogP contribution in [0.4, 0.5) is 0 Å². The van der Waals surface area contributed by atoms with E-state index in [0.29, 0.717) is 13.2 Å². The molecule has 0 bridgehead atoms. The molecule has 17 heavy (non-hydrogen) atoms. The van der Waals surface area contributed by atoms with Crippen LogP contribution >= 0.6 is 0 Å². The van der Waals surface area contributed by atoms with Gasteiger partial charge in [0.1, 0.15) is 0 Å². The zero-order chi connectivity index (χ0) is 12.8. The highest BCUT2D eigenvalue weighted by molar-refractivity contribution is 5.16. The predicted molar refractivity (Wildman–Crippen MR) is 59.6 cm³/mol. The number of rotatable bonds is 6. The number of aliphatic hydroxyl groups is 1. The molecule has 1 rings (SSSR count). The third-order valence-corrected chi connectivity index (χ3v) is 2.10. The van der Waals surface area contributed by atoms with E-state index in [0.717, 1.165) is 0 Å². The standard InChI is InChI=1S/C10H16N2O5/c1-3-16-9(17-4-2)7-6(5-13)8(14)12-10(15)11-7/h9,13H,3-5H2,1-2H3,(H2,11,12,14,15). The summed E-state index contributed by atoms with van der Waals surface area (Å²) < 4.78 is 10.5. The first-order chi connectivity index (χ1) is 8.13. The van der Waals surface area contributed by atoms with Crippen molar-refractivity contribution in [3.63, 3.8) is 0 Å². The van der Waals surface area contributed by atoms with Crippen molar-refractivity contribution in [1.82, 2.24) is 9.97 Å². The minimum Gasteiger partial charge on any atom is -0.391 e. The van der Waals surface area contributed by atoms with Gasteiger partial charge in [-0.3, -0.25) is 9.78 Å². The van der Waals surface area contributed by atoms with Gasteiger partial charge in [0, 0.05) is 13.2 Å². The lowest BCUT2D eigenvalue weighted by Gasteiger charge is -2.18. The van der Waals surface area contributed by atoms with Crippen LogP contribution in [-0.4, -0.2) is 28.3 Å². The average molecular weight is 244 g/mol. The molecular formula is C10H16N2O5. The molecule has 0 amide bonds.